The Kier molecular flexibility index (Phi) is 9.06. The van der Waals surface area contributed by atoms with E-state index in [-0.39, 0.29) is 6.03 Å². The number of hydrogen-bond donors (Lipinski definition) is 1. The molecule has 1 N–H and O–H groups in total. The fraction of sp³-hybridized carbons (Fsp3) is 0.875. The van der Waals surface area contributed by atoms with Crippen LogP contribution in [0.4, 0.5) is 4.79 Å². The van der Waals surface area contributed by atoms with E-state index in [9.17, 15) is 14.7 Å². The Morgan fingerprint density at radius 3 is 1.71 bits per heavy atom. The Morgan fingerprint density at radius 2 is 1.43 bits per heavy atom. The van der Waals surface area contributed by atoms with Crippen LogP contribution in [0, 0.1) is 11.8 Å². The van der Waals surface area contributed by atoms with E-state index in [0.29, 0.717) is 31.3 Å². The molecule has 0 aliphatic heterocycles. The van der Waals surface area contributed by atoms with E-state index in [4.69, 9.17) is 0 Å². The Labute approximate surface area is 129 Å². The molecule has 0 aromatic rings. The van der Waals surface area contributed by atoms with Crippen molar-refractivity contribution in [3.8, 4) is 0 Å². The van der Waals surface area contributed by atoms with Crippen molar-refractivity contribution >= 4 is 12.0 Å². The normalized spacial score (nSPS) is 12.6. The summed E-state index contributed by atoms with van der Waals surface area (Å²) in [7, 11) is 1.59. The molecule has 5 heteroatoms. The number of urea groups is 1. The number of amides is 2. The molecule has 0 bridgehead atoms. The van der Waals surface area contributed by atoms with Crippen LogP contribution in [-0.2, 0) is 4.79 Å². The molecular formula is C16H32N2O3. The van der Waals surface area contributed by atoms with Gasteiger partial charge in [0.25, 0.3) is 0 Å². The first-order valence-corrected chi connectivity index (χ1v) is 7.95. The number of carboxylic acid groups (broad SMARTS) is 1. The highest BCUT2D eigenvalue weighted by Gasteiger charge is 2.28. The highest BCUT2D eigenvalue weighted by atomic mass is 16.4. The molecule has 0 radical (unpaired) electrons. The van der Waals surface area contributed by atoms with Gasteiger partial charge in [-0.15, -0.1) is 0 Å². The lowest BCUT2D eigenvalue weighted by molar-refractivity contribution is -0.142. The molecule has 0 spiro atoms. The van der Waals surface area contributed by atoms with Gasteiger partial charge in [-0.25, -0.2) is 9.59 Å². The molecule has 124 valence electrons. The predicted octanol–water partition coefficient (Wildman–Crippen LogP) is 3.30. The first kappa shape index (κ1) is 19.7. The molecule has 0 rings (SSSR count). The average Bonchev–Trinajstić information content (AvgIpc) is 2.37. The molecule has 0 heterocycles. The first-order valence-electron chi connectivity index (χ1n) is 7.95. The predicted molar refractivity (Wildman–Crippen MR) is 85.4 cm³/mol. The van der Waals surface area contributed by atoms with Crippen molar-refractivity contribution in [3.05, 3.63) is 0 Å². The molecule has 1 atom stereocenters. The number of aliphatic carboxylic acids is 1. The molecule has 0 aromatic carbocycles. The number of carboxylic acids is 1. The van der Waals surface area contributed by atoms with Gasteiger partial charge in [0.2, 0.25) is 0 Å². The van der Waals surface area contributed by atoms with Gasteiger partial charge >= 0.3 is 12.0 Å². The lowest BCUT2D eigenvalue weighted by Gasteiger charge is -2.32. The van der Waals surface area contributed by atoms with Crippen LogP contribution in [0.2, 0.25) is 0 Å². The third-order valence-electron chi connectivity index (χ3n) is 3.66. The number of likely N-dealkylation sites (N-methyl/N-ethyl adjacent to an activating group) is 1. The molecule has 21 heavy (non-hydrogen) atoms. The molecule has 0 saturated carbocycles. The summed E-state index contributed by atoms with van der Waals surface area (Å²) in [5.41, 5.74) is 0. The first-order chi connectivity index (χ1) is 9.70. The van der Waals surface area contributed by atoms with Crippen molar-refractivity contribution in [2.24, 2.45) is 11.8 Å². The molecular weight excluding hydrogens is 268 g/mol. The molecule has 2 amide bonds. The number of nitrogens with zero attached hydrogens (tertiary/aromatic N) is 2. The SMILES string of the molecule is CCC(C(=O)O)N(C)C(=O)N(CCC(C)C)CCC(C)C. The molecule has 0 saturated heterocycles. The van der Waals surface area contributed by atoms with Gasteiger partial charge < -0.3 is 14.9 Å². The van der Waals surface area contributed by atoms with E-state index < -0.39 is 12.0 Å². The summed E-state index contributed by atoms with van der Waals surface area (Å²) in [5, 5.41) is 9.20. The summed E-state index contributed by atoms with van der Waals surface area (Å²) in [5.74, 6) is 0.0956. The summed E-state index contributed by atoms with van der Waals surface area (Å²) in [6.45, 7) is 11.7. The topological polar surface area (TPSA) is 60.9 Å². The van der Waals surface area contributed by atoms with Crippen LogP contribution in [0.1, 0.15) is 53.9 Å². The van der Waals surface area contributed by atoms with E-state index in [0.717, 1.165) is 12.8 Å². The number of hydrogen-bond acceptors (Lipinski definition) is 2. The van der Waals surface area contributed by atoms with Crippen LogP contribution < -0.4 is 0 Å². The van der Waals surface area contributed by atoms with Crippen molar-refractivity contribution in [2.45, 2.75) is 59.9 Å². The highest BCUT2D eigenvalue weighted by Crippen LogP contribution is 2.11. The van der Waals surface area contributed by atoms with Gasteiger partial charge in [-0.3, -0.25) is 0 Å². The fourth-order valence-corrected chi connectivity index (χ4v) is 2.10. The summed E-state index contributed by atoms with van der Waals surface area (Å²) >= 11 is 0. The largest absolute Gasteiger partial charge is 0.480 e. The third-order valence-corrected chi connectivity index (χ3v) is 3.66. The van der Waals surface area contributed by atoms with Gasteiger partial charge in [-0.1, -0.05) is 34.6 Å². The van der Waals surface area contributed by atoms with Crippen LogP contribution in [0.3, 0.4) is 0 Å². The van der Waals surface area contributed by atoms with Crippen LogP contribution in [-0.4, -0.2) is 53.1 Å². The summed E-state index contributed by atoms with van der Waals surface area (Å²) in [4.78, 5) is 26.9. The molecule has 5 nitrogen and oxygen atoms in total. The second kappa shape index (κ2) is 9.64. The third kappa shape index (κ3) is 7.34. The van der Waals surface area contributed by atoms with E-state index in [1.54, 1.807) is 18.9 Å². The van der Waals surface area contributed by atoms with Crippen molar-refractivity contribution in [1.29, 1.82) is 0 Å². The highest BCUT2D eigenvalue weighted by molar-refractivity contribution is 5.82. The van der Waals surface area contributed by atoms with E-state index in [1.807, 2.05) is 0 Å². The van der Waals surface area contributed by atoms with Gasteiger partial charge in [0.05, 0.1) is 0 Å². The van der Waals surface area contributed by atoms with E-state index in [2.05, 4.69) is 27.7 Å². The lowest BCUT2D eigenvalue weighted by Crippen LogP contribution is -2.49. The number of carbonyl (C=O) groups excluding carboxylic acids is 1. The number of rotatable bonds is 9. The van der Waals surface area contributed by atoms with Crippen molar-refractivity contribution in [3.63, 3.8) is 0 Å². The molecule has 0 fully saturated rings. The minimum Gasteiger partial charge on any atom is -0.480 e. The van der Waals surface area contributed by atoms with Crippen LogP contribution in [0.15, 0.2) is 0 Å². The fourth-order valence-electron chi connectivity index (χ4n) is 2.10. The van der Waals surface area contributed by atoms with Gasteiger partial charge in [0.1, 0.15) is 6.04 Å². The second-order valence-corrected chi connectivity index (χ2v) is 6.51. The quantitative estimate of drug-likeness (QED) is 0.710. The maximum atomic E-state index is 12.6. The second-order valence-electron chi connectivity index (χ2n) is 6.51. The monoisotopic (exact) mass is 300 g/mol. The summed E-state index contributed by atoms with van der Waals surface area (Å²) in [6.07, 6.45) is 2.28. The van der Waals surface area contributed by atoms with Gasteiger partial charge in [-0.05, 0) is 31.1 Å². The van der Waals surface area contributed by atoms with Crippen LogP contribution in [0.25, 0.3) is 0 Å². The van der Waals surface area contributed by atoms with Crippen LogP contribution >= 0.6 is 0 Å². The minimum atomic E-state index is -0.944. The molecule has 1 unspecified atom stereocenters. The summed E-state index contributed by atoms with van der Waals surface area (Å²) in [6, 6.07) is -0.927. The van der Waals surface area contributed by atoms with Crippen molar-refractivity contribution < 1.29 is 14.7 Å². The molecule has 0 aromatic heterocycles. The number of carbonyl (C=O) groups is 2. The standard InChI is InChI=1S/C16H32N2O3/c1-7-14(15(19)20)17(6)16(21)18(10-8-12(2)3)11-9-13(4)5/h12-14H,7-11H2,1-6H3,(H,19,20). The Morgan fingerprint density at radius 1 is 1.00 bits per heavy atom. The summed E-state index contributed by atoms with van der Waals surface area (Å²) < 4.78 is 0. The van der Waals surface area contributed by atoms with Gasteiger partial charge in [-0.2, -0.15) is 0 Å². The molecule has 0 aliphatic rings. The van der Waals surface area contributed by atoms with E-state index >= 15 is 0 Å². The van der Waals surface area contributed by atoms with Gasteiger partial charge in [0, 0.05) is 20.1 Å². The Bertz CT molecular complexity index is 317. The zero-order chi connectivity index (χ0) is 16.6. The zero-order valence-electron chi connectivity index (χ0n) is 14.4. The Balaban J connectivity index is 4.85. The average molecular weight is 300 g/mol. The van der Waals surface area contributed by atoms with Crippen LogP contribution in [0.5, 0.6) is 0 Å². The van der Waals surface area contributed by atoms with E-state index in [1.165, 1.54) is 4.90 Å². The minimum absolute atomic E-state index is 0.175. The smallest absolute Gasteiger partial charge is 0.326 e. The maximum Gasteiger partial charge on any atom is 0.326 e. The Hall–Kier alpha value is -1.26. The maximum absolute atomic E-state index is 12.6. The zero-order valence-corrected chi connectivity index (χ0v) is 14.4. The molecule has 0 aliphatic carbocycles. The van der Waals surface area contributed by atoms with Crippen molar-refractivity contribution in [1.82, 2.24) is 9.80 Å². The van der Waals surface area contributed by atoms with Gasteiger partial charge in [0.15, 0.2) is 0 Å². The lowest BCUT2D eigenvalue weighted by atomic mass is 10.1. The van der Waals surface area contributed by atoms with Crippen molar-refractivity contribution in [2.75, 3.05) is 20.1 Å².